The lowest BCUT2D eigenvalue weighted by molar-refractivity contribution is 0.587. The minimum atomic E-state index is -3.61. The molecule has 0 aliphatic carbocycles. The minimum Gasteiger partial charge on any atom is -0.329 e. The van der Waals surface area contributed by atoms with Crippen LogP contribution in [0.1, 0.15) is 0 Å². The van der Waals surface area contributed by atoms with Gasteiger partial charge in [0.1, 0.15) is 0 Å². The largest absolute Gasteiger partial charge is 0.329 e. The number of rotatable bonds is 5. The molecular formula is C8H11Cl2N3O2S. The zero-order valence-corrected chi connectivity index (χ0v) is 10.5. The third-order valence-electron chi connectivity index (χ3n) is 1.61. The normalized spacial score (nSPS) is 11.4. The second-order valence-corrected chi connectivity index (χ2v) is 5.23. The van der Waals surface area contributed by atoms with E-state index in [1.165, 1.54) is 18.2 Å². The molecule has 0 aliphatic rings. The SMILES string of the molecule is NCCNS(=O)(=O)Nc1ccc(Cl)c(Cl)c1. The summed E-state index contributed by atoms with van der Waals surface area (Å²) in [4.78, 5) is 0. The Kier molecular flexibility index (Phi) is 4.82. The van der Waals surface area contributed by atoms with E-state index in [4.69, 9.17) is 28.9 Å². The molecule has 0 spiro atoms. The number of hydrogen-bond donors (Lipinski definition) is 3. The van der Waals surface area contributed by atoms with Crippen LogP contribution >= 0.6 is 23.2 Å². The maximum atomic E-state index is 11.4. The predicted molar refractivity (Wildman–Crippen MR) is 66.1 cm³/mol. The van der Waals surface area contributed by atoms with Gasteiger partial charge >= 0.3 is 0 Å². The fraction of sp³-hybridized carbons (Fsp3) is 0.250. The molecule has 0 unspecified atom stereocenters. The van der Waals surface area contributed by atoms with E-state index in [1.807, 2.05) is 0 Å². The Hall–Kier alpha value is -0.530. The van der Waals surface area contributed by atoms with Crippen molar-refractivity contribution in [3.05, 3.63) is 28.2 Å². The Morgan fingerprint density at radius 1 is 1.25 bits per heavy atom. The van der Waals surface area contributed by atoms with E-state index in [9.17, 15) is 8.42 Å². The van der Waals surface area contributed by atoms with Crippen LogP contribution < -0.4 is 15.2 Å². The monoisotopic (exact) mass is 283 g/mol. The zero-order valence-electron chi connectivity index (χ0n) is 8.20. The summed E-state index contributed by atoms with van der Waals surface area (Å²) < 4.78 is 27.3. The van der Waals surface area contributed by atoms with Gasteiger partial charge in [-0.2, -0.15) is 13.1 Å². The van der Waals surface area contributed by atoms with Gasteiger partial charge in [0.2, 0.25) is 0 Å². The average Bonchev–Trinajstić information content (AvgIpc) is 2.20. The van der Waals surface area contributed by atoms with Gasteiger partial charge < -0.3 is 5.73 Å². The molecule has 0 aromatic heterocycles. The summed E-state index contributed by atoms with van der Waals surface area (Å²) in [6.45, 7) is 0.388. The molecule has 0 radical (unpaired) electrons. The van der Waals surface area contributed by atoms with Crippen molar-refractivity contribution in [2.75, 3.05) is 17.8 Å². The molecule has 0 bridgehead atoms. The highest BCUT2D eigenvalue weighted by Gasteiger charge is 2.09. The summed E-state index contributed by atoms with van der Waals surface area (Å²) in [6, 6.07) is 4.44. The summed E-state index contributed by atoms with van der Waals surface area (Å²) in [5.41, 5.74) is 5.51. The predicted octanol–water partition coefficient (Wildman–Crippen LogP) is 1.20. The summed E-state index contributed by atoms with van der Waals surface area (Å²) in [5, 5.41) is 0.639. The maximum absolute atomic E-state index is 11.4. The molecule has 0 saturated heterocycles. The lowest BCUT2D eigenvalue weighted by Crippen LogP contribution is -2.33. The highest BCUT2D eigenvalue weighted by Crippen LogP contribution is 2.25. The molecular weight excluding hydrogens is 273 g/mol. The molecule has 5 nitrogen and oxygen atoms in total. The van der Waals surface area contributed by atoms with Crippen LogP contribution in [0.3, 0.4) is 0 Å². The number of anilines is 1. The van der Waals surface area contributed by atoms with Crippen molar-refractivity contribution in [1.82, 2.24) is 4.72 Å². The van der Waals surface area contributed by atoms with Gasteiger partial charge in [0.15, 0.2) is 0 Å². The van der Waals surface area contributed by atoms with Crippen molar-refractivity contribution in [3.63, 3.8) is 0 Å². The van der Waals surface area contributed by atoms with Crippen molar-refractivity contribution >= 4 is 39.1 Å². The second-order valence-electron chi connectivity index (χ2n) is 2.92. The molecule has 16 heavy (non-hydrogen) atoms. The molecule has 0 atom stereocenters. The van der Waals surface area contributed by atoms with Crippen LogP contribution in [-0.4, -0.2) is 21.5 Å². The number of halogens is 2. The lowest BCUT2D eigenvalue weighted by atomic mass is 10.3. The number of hydrogen-bond acceptors (Lipinski definition) is 3. The van der Waals surface area contributed by atoms with Crippen LogP contribution in [0.2, 0.25) is 10.0 Å². The summed E-state index contributed by atoms with van der Waals surface area (Å²) in [5.74, 6) is 0. The summed E-state index contributed by atoms with van der Waals surface area (Å²) >= 11 is 11.4. The van der Waals surface area contributed by atoms with Crippen molar-refractivity contribution in [2.45, 2.75) is 0 Å². The summed E-state index contributed by atoms with van der Waals surface area (Å²) in [7, 11) is -3.61. The fourth-order valence-electron chi connectivity index (χ4n) is 0.944. The molecule has 1 aromatic carbocycles. The fourth-order valence-corrected chi connectivity index (χ4v) is 2.14. The lowest BCUT2D eigenvalue weighted by Gasteiger charge is -2.09. The third kappa shape index (κ3) is 4.15. The van der Waals surface area contributed by atoms with Gasteiger partial charge in [0, 0.05) is 13.1 Å². The average molecular weight is 284 g/mol. The molecule has 0 aliphatic heterocycles. The molecule has 0 saturated carbocycles. The first-order valence-corrected chi connectivity index (χ1v) is 6.61. The van der Waals surface area contributed by atoms with E-state index >= 15 is 0 Å². The molecule has 0 heterocycles. The van der Waals surface area contributed by atoms with Crippen LogP contribution in [0, 0.1) is 0 Å². The van der Waals surface area contributed by atoms with Gasteiger partial charge in [-0.15, -0.1) is 0 Å². The molecule has 1 aromatic rings. The summed E-state index contributed by atoms with van der Waals surface area (Å²) in [6.07, 6.45) is 0. The van der Waals surface area contributed by atoms with Gasteiger partial charge in [0.25, 0.3) is 10.2 Å². The first-order valence-electron chi connectivity index (χ1n) is 4.37. The highest BCUT2D eigenvalue weighted by atomic mass is 35.5. The first kappa shape index (κ1) is 13.5. The highest BCUT2D eigenvalue weighted by molar-refractivity contribution is 7.90. The van der Waals surface area contributed by atoms with Crippen LogP contribution in [0.5, 0.6) is 0 Å². The van der Waals surface area contributed by atoms with Crippen LogP contribution in [0.4, 0.5) is 5.69 Å². The van der Waals surface area contributed by atoms with Gasteiger partial charge in [0.05, 0.1) is 15.7 Å². The number of nitrogens with one attached hydrogen (secondary N) is 2. The minimum absolute atomic E-state index is 0.163. The van der Waals surface area contributed by atoms with Gasteiger partial charge in [-0.1, -0.05) is 23.2 Å². The molecule has 90 valence electrons. The molecule has 0 fully saturated rings. The van der Waals surface area contributed by atoms with Crippen molar-refractivity contribution < 1.29 is 8.42 Å². The number of nitrogens with two attached hydrogens (primary N) is 1. The van der Waals surface area contributed by atoms with Gasteiger partial charge in [-0.05, 0) is 18.2 Å². The van der Waals surface area contributed by atoms with E-state index in [0.29, 0.717) is 10.7 Å². The smallest absolute Gasteiger partial charge is 0.299 e. The van der Waals surface area contributed by atoms with Crippen LogP contribution in [0.15, 0.2) is 18.2 Å². The molecule has 1 rings (SSSR count). The topological polar surface area (TPSA) is 84.2 Å². The second kappa shape index (κ2) is 5.70. The Labute approximate surface area is 104 Å². The Bertz CT molecular complexity index is 464. The van der Waals surface area contributed by atoms with Crippen molar-refractivity contribution in [1.29, 1.82) is 0 Å². The van der Waals surface area contributed by atoms with Gasteiger partial charge in [-0.3, -0.25) is 4.72 Å². The Balaban J connectivity index is 2.76. The van der Waals surface area contributed by atoms with E-state index in [0.717, 1.165) is 0 Å². The quantitative estimate of drug-likeness (QED) is 0.759. The third-order valence-corrected chi connectivity index (χ3v) is 3.44. The Morgan fingerprint density at radius 2 is 1.94 bits per heavy atom. The van der Waals surface area contributed by atoms with Crippen LogP contribution in [-0.2, 0) is 10.2 Å². The van der Waals surface area contributed by atoms with E-state index in [2.05, 4.69) is 9.44 Å². The maximum Gasteiger partial charge on any atom is 0.299 e. The Morgan fingerprint density at radius 3 is 2.50 bits per heavy atom. The van der Waals surface area contributed by atoms with Crippen LogP contribution in [0.25, 0.3) is 0 Å². The number of benzene rings is 1. The standard InChI is InChI=1S/C8H11Cl2N3O2S/c9-7-2-1-6(5-8(7)10)13-16(14,15)12-4-3-11/h1-2,5,12-13H,3-4,11H2. The van der Waals surface area contributed by atoms with Crippen molar-refractivity contribution in [3.8, 4) is 0 Å². The van der Waals surface area contributed by atoms with Crippen molar-refractivity contribution in [2.24, 2.45) is 5.73 Å². The molecule has 4 N–H and O–H groups in total. The van der Waals surface area contributed by atoms with E-state index in [-0.39, 0.29) is 18.1 Å². The first-order chi connectivity index (χ1) is 7.44. The molecule has 0 amide bonds. The van der Waals surface area contributed by atoms with Gasteiger partial charge in [-0.25, -0.2) is 0 Å². The van der Waals surface area contributed by atoms with E-state index < -0.39 is 10.2 Å². The van der Waals surface area contributed by atoms with E-state index in [1.54, 1.807) is 0 Å². The molecule has 8 heteroatoms. The zero-order chi connectivity index (χ0) is 12.2.